The lowest BCUT2D eigenvalue weighted by Gasteiger charge is -2.34. The largest absolute Gasteiger partial charge is 0.493 e. The van der Waals surface area contributed by atoms with Gasteiger partial charge in [0.2, 0.25) is 0 Å². The van der Waals surface area contributed by atoms with Crippen LogP contribution >= 0.6 is 0 Å². The molecule has 3 nitrogen and oxygen atoms in total. The Morgan fingerprint density at radius 3 is 1.85 bits per heavy atom. The molecule has 0 bridgehead atoms. The van der Waals surface area contributed by atoms with Crippen molar-refractivity contribution in [2.45, 2.75) is 86.4 Å². The molecular formula is C31H44O3. The minimum atomic E-state index is -0.0388. The lowest BCUT2D eigenvalue weighted by Crippen LogP contribution is -2.36. The second-order valence-corrected chi connectivity index (χ2v) is 11.2. The van der Waals surface area contributed by atoms with Gasteiger partial charge in [0, 0.05) is 12.3 Å². The fraction of sp³-hybridized carbons (Fsp3) is 0.613. The summed E-state index contributed by atoms with van der Waals surface area (Å²) in [6.07, 6.45) is 7.49. The first-order valence-corrected chi connectivity index (χ1v) is 13.3. The zero-order valence-corrected chi connectivity index (χ0v) is 22.2. The molecule has 2 fully saturated rings. The number of rotatable bonds is 7. The van der Waals surface area contributed by atoms with Gasteiger partial charge in [-0.1, -0.05) is 29.8 Å². The number of hydrogen-bond donors (Lipinski definition) is 0. The molecule has 2 aromatic rings. The summed E-state index contributed by atoms with van der Waals surface area (Å²) >= 11 is 0. The van der Waals surface area contributed by atoms with Crippen LogP contribution in [0.2, 0.25) is 0 Å². The smallest absolute Gasteiger partial charge is 0.157 e. The normalized spacial score (nSPS) is 25.4. The third kappa shape index (κ3) is 6.43. The lowest BCUT2D eigenvalue weighted by molar-refractivity contribution is -0.212. The molecule has 34 heavy (non-hydrogen) atoms. The van der Waals surface area contributed by atoms with Gasteiger partial charge in [0.25, 0.3) is 0 Å². The summed E-state index contributed by atoms with van der Waals surface area (Å²) in [6.45, 7) is 15.2. The molecule has 0 aromatic heterocycles. The van der Waals surface area contributed by atoms with Crippen LogP contribution < -0.4 is 4.74 Å². The Morgan fingerprint density at radius 2 is 1.26 bits per heavy atom. The number of benzene rings is 2. The van der Waals surface area contributed by atoms with Crippen molar-refractivity contribution in [3.05, 3.63) is 63.2 Å². The highest BCUT2D eigenvalue weighted by Crippen LogP contribution is 2.35. The van der Waals surface area contributed by atoms with Gasteiger partial charge in [0.15, 0.2) is 6.29 Å². The quantitative estimate of drug-likeness (QED) is 0.429. The van der Waals surface area contributed by atoms with Crippen molar-refractivity contribution in [3.63, 3.8) is 0 Å². The molecule has 0 atom stereocenters. The summed E-state index contributed by atoms with van der Waals surface area (Å²) in [7, 11) is 0. The molecule has 186 valence electrons. The van der Waals surface area contributed by atoms with Gasteiger partial charge in [-0.05, 0) is 119 Å². The van der Waals surface area contributed by atoms with Crippen LogP contribution in [0, 0.1) is 59.3 Å². The average Bonchev–Trinajstić information content (AvgIpc) is 2.79. The van der Waals surface area contributed by atoms with Crippen molar-refractivity contribution < 1.29 is 14.2 Å². The summed E-state index contributed by atoms with van der Waals surface area (Å²) < 4.78 is 18.4. The predicted octanol–water partition coefficient (Wildman–Crippen LogP) is 7.34. The SMILES string of the molecule is Cc1cc(C)c(OCC2COC(CC3CCC(Cc4cc(C)c(C)c(C)c4)CC3)OC2)c(C)c1. The standard InChI is InChI=1S/C31H44O3/c1-20-11-23(4)31(24(5)12-20)34-19-29-17-32-30(33-18-29)16-27-9-7-26(8-10-27)15-28-13-21(2)25(6)22(3)14-28/h11-14,26-27,29-30H,7-10,15-19H2,1-6H3. The predicted molar refractivity (Wildman–Crippen MR) is 140 cm³/mol. The summed E-state index contributed by atoms with van der Waals surface area (Å²) in [5.74, 6) is 2.86. The Hall–Kier alpha value is -1.84. The van der Waals surface area contributed by atoms with Gasteiger partial charge in [0.05, 0.1) is 19.8 Å². The van der Waals surface area contributed by atoms with Crippen LogP contribution in [0.5, 0.6) is 5.75 Å². The molecule has 1 aliphatic carbocycles. The van der Waals surface area contributed by atoms with E-state index in [4.69, 9.17) is 14.2 Å². The Kier molecular flexibility index (Phi) is 8.37. The van der Waals surface area contributed by atoms with Gasteiger partial charge in [-0.15, -0.1) is 0 Å². The molecule has 0 N–H and O–H groups in total. The highest BCUT2D eigenvalue weighted by Gasteiger charge is 2.28. The average molecular weight is 465 g/mol. The number of ether oxygens (including phenoxy) is 3. The molecule has 1 saturated heterocycles. The highest BCUT2D eigenvalue weighted by atomic mass is 16.7. The fourth-order valence-electron chi connectivity index (χ4n) is 5.93. The maximum absolute atomic E-state index is 6.17. The molecule has 4 rings (SSSR count). The molecule has 3 heteroatoms. The van der Waals surface area contributed by atoms with Crippen LogP contribution in [0.3, 0.4) is 0 Å². The molecule has 0 amide bonds. The Labute approximate surface area is 207 Å². The van der Waals surface area contributed by atoms with Crippen molar-refractivity contribution in [2.24, 2.45) is 17.8 Å². The lowest BCUT2D eigenvalue weighted by atomic mass is 9.77. The molecule has 2 aromatic carbocycles. The van der Waals surface area contributed by atoms with E-state index in [0.29, 0.717) is 12.5 Å². The minimum Gasteiger partial charge on any atom is -0.493 e. The van der Waals surface area contributed by atoms with Gasteiger partial charge in [-0.25, -0.2) is 0 Å². The Balaban J connectivity index is 1.16. The second-order valence-electron chi connectivity index (χ2n) is 11.2. The number of aryl methyl sites for hydroxylation is 5. The summed E-state index contributed by atoms with van der Waals surface area (Å²) in [4.78, 5) is 0. The first-order chi connectivity index (χ1) is 16.3. The van der Waals surface area contributed by atoms with Crippen LogP contribution in [-0.4, -0.2) is 26.1 Å². The van der Waals surface area contributed by atoms with Crippen LogP contribution in [-0.2, 0) is 15.9 Å². The molecule has 0 radical (unpaired) electrons. The van der Waals surface area contributed by atoms with E-state index in [1.54, 1.807) is 0 Å². The molecule has 2 aliphatic rings. The molecule has 1 saturated carbocycles. The maximum atomic E-state index is 6.17. The Morgan fingerprint density at radius 1 is 0.706 bits per heavy atom. The fourth-order valence-corrected chi connectivity index (χ4v) is 5.93. The van der Waals surface area contributed by atoms with E-state index >= 15 is 0 Å². The van der Waals surface area contributed by atoms with Gasteiger partial charge in [0.1, 0.15) is 5.75 Å². The van der Waals surface area contributed by atoms with Crippen molar-refractivity contribution in [1.29, 1.82) is 0 Å². The minimum absolute atomic E-state index is 0.0388. The summed E-state index contributed by atoms with van der Waals surface area (Å²) in [6, 6.07) is 9.17. The van der Waals surface area contributed by atoms with Crippen LogP contribution in [0.1, 0.15) is 71.0 Å². The van der Waals surface area contributed by atoms with Crippen molar-refractivity contribution in [2.75, 3.05) is 19.8 Å². The van der Waals surface area contributed by atoms with Crippen LogP contribution in [0.4, 0.5) is 0 Å². The Bertz CT molecular complexity index is 917. The topological polar surface area (TPSA) is 27.7 Å². The van der Waals surface area contributed by atoms with Gasteiger partial charge < -0.3 is 14.2 Å². The van der Waals surface area contributed by atoms with E-state index in [1.165, 1.54) is 71.0 Å². The van der Waals surface area contributed by atoms with Crippen molar-refractivity contribution >= 4 is 0 Å². The van der Waals surface area contributed by atoms with Gasteiger partial charge >= 0.3 is 0 Å². The highest BCUT2D eigenvalue weighted by molar-refractivity contribution is 5.43. The van der Waals surface area contributed by atoms with Crippen molar-refractivity contribution in [3.8, 4) is 5.75 Å². The van der Waals surface area contributed by atoms with E-state index < -0.39 is 0 Å². The molecule has 0 spiro atoms. The zero-order chi connectivity index (χ0) is 24.2. The van der Waals surface area contributed by atoms with E-state index in [-0.39, 0.29) is 6.29 Å². The molecule has 1 heterocycles. The molecular weight excluding hydrogens is 420 g/mol. The first kappa shape index (κ1) is 25.3. The van der Waals surface area contributed by atoms with E-state index in [0.717, 1.165) is 37.2 Å². The van der Waals surface area contributed by atoms with Crippen LogP contribution in [0.25, 0.3) is 0 Å². The maximum Gasteiger partial charge on any atom is 0.157 e. The van der Waals surface area contributed by atoms with Gasteiger partial charge in [-0.2, -0.15) is 0 Å². The first-order valence-electron chi connectivity index (χ1n) is 13.3. The summed E-state index contributed by atoms with van der Waals surface area (Å²) in [5.41, 5.74) is 9.52. The van der Waals surface area contributed by atoms with Crippen LogP contribution in [0.15, 0.2) is 24.3 Å². The zero-order valence-electron chi connectivity index (χ0n) is 22.2. The van der Waals surface area contributed by atoms with E-state index in [1.807, 2.05) is 0 Å². The van der Waals surface area contributed by atoms with Gasteiger partial charge in [-0.3, -0.25) is 0 Å². The van der Waals surface area contributed by atoms with E-state index in [2.05, 4.69) is 65.8 Å². The molecule has 1 aliphatic heterocycles. The monoisotopic (exact) mass is 464 g/mol. The molecule has 0 unspecified atom stereocenters. The van der Waals surface area contributed by atoms with Crippen molar-refractivity contribution in [1.82, 2.24) is 0 Å². The van der Waals surface area contributed by atoms with E-state index in [9.17, 15) is 0 Å². The number of hydrogen-bond acceptors (Lipinski definition) is 3. The third-order valence-electron chi connectivity index (χ3n) is 8.11. The summed E-state index contributed by atoms with van der Waals surface area (Å²) in [5, 5.41) is 0. The third-order valence-corrected chi connectivity index (χ3v) is 8.11. The second kappa shape index (κ2) is 11.3.